The minimum atomic E-state index is -0.300. The molecular formula is C22H25NO5. The predicted molar refractivity (Wildman–Crippen MR) is 106 cm³/mol. The highest BCUT2D eigenvalue weighted by Gasteiger charge is 2.20. The highest BCUT2D eigenvalue weighted by atomic mass is 16.5. The molecule has 0 unspecified atom stereocenters. The molecule has 28 heavy (non-hydrogen) atoms. The van der Waals surface area contributed by atoms with Crippen molar-refractivity contribution in [2.45, 2.75) is 26.7 Å². The lowest BCUT2D eigenvalue weighted by Crippen LogP contribution is -2.34. The second kappa shape index (κ2) is 8.78. The van der Waals surface area contributed by atoms with Gasteiger partial charge in [-0.3, -0.25) is 9.59 Å². The van der Waals surface area contributed by atoms with Crippen LogP contribution in [-0.4, -0.2) is 43.6 Å². The van der Waals surface area contributed by atoms with Gasteiger partial charge in [0.25, 0.3) is 5.91 Å². The number of hydrogen-bond acceptors (Lipinski definition) is 5. The number of hydrogen-bond donors (Lipinski definition) is 0. The van der Waals surface area contributed by atoms with E-state index in [-0.39, 0.29) is 24.9 Å². The number of carbonyl (C=O) groups is 2. The number of fused-ring (bicyclic) bond motifs is 3. The van der Waals surface area contributed by atoms with Gasteiger partial charge < -0.3 is 19.1 Å². The number of rotatable bonds is 6. The smallest absolute Gasteiger partial charge is 0.311 e. The van der Waals surface area contributed by atoms with Crippen LogP contribution in [0.5, 0.6) is 17.2 Å². The molecule has 2 aromatic carbocycles. The first-order valence-corrected chi connectivity index (χ1v) is 9.48. The first kappa shape index (κ1) is 19.7. The lowest BCUT2D eigenvalue weighted by atomic mass is 9.94. The molecule has 1 aliphatic heterocycles. The summed E-state index contributed by atoms with van der Waals surface area (Å²) < 4.78 is 16.5. The Morgan fingerprint density at radius 3 is 2.46 bits per heavy atom. The third-order valence-electron chi connectivity index (χ3n) is 4.86. The zero-order chi connectivity index (χ0) is 20.1. The number of esters is 1. The van der Waals surface area contributed by atoms with Crippen LogP contribution in [0.4, 0.5) is 0 Å². The van der Waals surface area contributed by atoms with E-state index in [4.69, 9.17) is 14.2 Å². The fourth-order valence-electron chi connectivity index (χ4n) is 3.29. The molecule has 1 aliphatic rings. The molecule has 0 fully saturated rings. The molecule has 0 radical (unpaired) electrons. The van der Waals surface area contributed by atoms with Crippen LogP contribution in [0.1, 0.15) is 25.8 Å². The second-order valence-corrected chi connectivity index (χ2v) is 6.51. The molecule has 0 aliphatic carbocycles. The van der Waals surface area contributed by atoms with E-state index in [2.05, 4.69) is 0 Å². The van der Waals surface area contributed by atoms with Crippen LogP contribution >= 0.6 is 0 Å². The maximum atomic E-state index is 12.2. The summed E-state index contributed by atoms with van der Waals surface area (Å²) in [4.78, 5) is 26.0. The van der Waals surface area contributed by atoms with Crippen molar-refractivity contribution in [2.75, 3.05) is 26.8 Å². The van der Waals surface area contributed by atoms with Gasteiger partial charge in [0.05, 0.1) is 13.5 Å². The number of nitrogens with zero attached hydrogens (tertiary/aromatic N) is 1. The summed E-state index contributed by atoms with van der Waals surface area (Å²) in [5, 5.41) is 0. The molecule has 0 atom stereocenters. The van der Waals surface area contributed by atoms with Crippen LogP contribution in [0.2, 0.25) is 0 Å². The van der Waals surface area contributed by atoms with Crippen molar-refractivity contribution in [3.8, 4) is 28.4 Å². The number of ether oxygens (including phenoxy) is 3. The van der Waals surface area contributed by atoms with Crippen molar-refractivity contribution in [2.24, 2.45) is 0 Å². The Kier molecular flexibility index (Phi) is 6.19. The van der Waals surface area contributed by atoms with Crippen LogP contribution in [0.25, 0.3) is 11.1 Å². The van der Waals surface area contributed by atoms with E-state index < -0.39 is 0 Å². The number of benzene rings is 2. The molecule has 1 heterocycles. The van der Waals surface area contributed by atoms with E-state index in [0.717, 1.165) is 22.4 Å². The van der Waals surface area contributed by atoms with Crippen molar-refractivity contribution >= 4 is 11.9 Å². The Labute approximate surface area is 165 Å². The van der Waals surface area contributed by atoms with Crippen molar-refractivity contribution in [3.63, 3.8) is 0 Å². The van der Waals surface area contributed by atoms with Crippen LogP contribution < -0.4 is 14.2 Å². The lowest BCUT2D eigenvalue weighted by molar-refractivity contribution is -0.134. The zero-order valence-corrected chi connectivity index (χ0v) is 16.5. The van der Waals surface area contributed by atoms with E-state index >= 15 is 0 Å². The summed E-state index contributed by atoms with van der Waals surface area (Å²) in [5.41, 5.74) is 2.84. The van der Waals surface area contributed by atoms with Gasteiger partial charge in [-0.1, -0.05) is 6.07 Å². The third kappa shape index (κ3) is 4.27. The number of likely N-dealkylation sites (N-methyl/N-ethyl adjacent to an activating group) is 1. The third-order valence-corrected chi connectivity index (χ3v) is 4.86. The van der Waals surface area contributed by atoms with Crippen LogP contribution in [0.15, 0.2) is 36.4 Å². The summed E-state index contributed by atoms with van der Waals surface area (Å²) in [5.74, 6) is 1.30. The minimum absolute atomic E-state index is 0.0534. The predicted octanol–water partition coefficient (Wildman–Crippen LogP) is 3.46. The Morgan fingerprint density at radius 1 is 1.04 bits per heavy atom. The Morgan fingerprint density at radius 2 is 1.75 bits per heavy atom. The van der Waals surface area contributed by atoms with Gasteiger partial charge in [0.1, 0.15) is 17.2 Å². The van der Waals surface area contributed by atoms with Crippen molar-refractivity contribution in [1.82, 2.24) is 4.90 Å². The number of amides is 1. The molecular weight excluding hydrogens is 358 g/mol. The Bertz CT molecular complexity index is 873. The van der Waals surface area contributed by atoms with Crippen molar-refractivity contribution < 1.29 is 23.8 Å². The molecule has 3 rings (SSSR count). The molecule has 6 nitrogen and oxygen atoms in total. The molecule has 0 saturated carbocycles. The van der Waals surface area contributed by atoms with Gasteiger partial charge in [-0.05, 0) is 55.7 Å². The topological polar surface area (TPSA) is 65.1 Å². The van der Waals surface area contributed by atoms with Crippen LogP contribution in [0.3, 0.4) is 0 Å². The van der Waals surface area contributed by atoms with E-state index in [1.807, 2.05) is 38.1 Å². The monoisotopic (exact) mass is 383 g/mol. The molecule has 0 bridgehead atoms. The van der Waals surface area contributed by atoms with Crippen molar-refractivity contribution in [3.05, 3.63) is 42.0 Å². The normalized spacial score (nSPS) is 12.8. The van der Waals surface area contributed by atoms with Crippen LogP contribution in [-0.2, 0) is 16.0 Å². The molecule has 148 valence electrons. The highest BCUT2D eigenvalue weighted by Crippen LogP contribution is 2.38. The summed E-state index contributed by atoms with van der Waals surface area (Å²) in [6.07, 6.45) is 0.868. The Hall–Kier alpha value is -3.02. The van der Waals surface area contributed by atoms with Gasteiger partial charge in [-0.25, -0.2) is 0 Å². The fourth-order valence-corrected chi connectivity index (χ4v) is 3.29. The van der Waals surface area contributed by atoms with E-state index in [1.165, 1.54) is 0 Å². The average molecular weight is 383 g/mol. The Balaban J connectivity index is 1.88. The summed E-state index contributed by atoms with van der Waals surface area (Å²) >= 11 is 0. The van der Waals surface area contributed by atoms with E-state index in [0.29, 0.717) is 31.0 Å². The lowest BCUT2D eigenvalue weighted by Gasteiger charge is -2.20. The van der Waals surface area contributed by atoms with Gasteiger partial charge >= 0.3 is 5.97 Å². The molecule has 0 spiro atoms. The largest absolute Gasteiger partial charge is 0.497 e. The zero-order valence-electron chi connectivity index (χ0n) is 16.5. The summed E-state index contributed by atoms with van der Waals surface area (Å²) in [6, 6.07) is 11.1. The molecule has 6 heteroatoms. The van der Waals surface area contributed by atoms with E-state index in [1.54, 1.807) is 24.1 Å². The van der Waals surface area contributed by atoms with Gasteiger partial charge in [0.2, 0.25) is 0 Å². The molecule has 2 aromatic rings. The number of aryl methyl sites for hydroxylation is 1. The van der Waals surface area contributed by atoms with Crippen molar-refractivity contribution in [1.29, 1.82) is 0 Å². The first-order chi connectivity index (χ1) is 13.5. The molecule has 0 saturated heterocycles. The molecule has 0 N–H and O–H groups in total. The number of methoxy groups -OCH3 is 1. The van der Waals surface area contributed by atoms with Crippen LogP contribution in [0, 0.1) is 0 Å². The highest BCUT2D eigenvalue weighted by molar-refractivity contribution is 5.82. The second-order valence-electron chi connectivity index (χ2n) is 6.51. The standard InChI is InChI=1S/C22H25NO5/c1-4-23(5-2)21(24)14-27-17-8-10-19-18-9-7-16(26-3)12-15(18)6-11-22(25)28-20(19)13-17/h7-10,12-13H,4-6,11,14H2,1-3H3. The maximum Gasteiger partial charge on any atom is 0.311 e. The molecule has 0 aromatic heterocycles. The summed E-state index contributed by atoms with van der Waals surface area (Å²) in [6.45, 7) is 5.08. The summed E-state index contributed by atoms with van der Waals surface area (Å²) in [7, 11) is 1.62. The van der Waals surface area contributed by atoms with Gasteiger partial charge in [0, 0.05) is 24.7 Å². The SMILES string of the molecule is CCN(CC)C(=O)COc1ccc2c(c1)OC(=O)CCc1cc(OC)ccc1-2. The number of carbonyl (C=O) groups excluding carboxylic acids is 2. The van der Waals surface area contributed by atoms with E-state index in [9.17, 15) is 9.59 Å². The quantitative estimate of drug-likeness (QED) is 0.565. The van der Waals surface area contributed by atoms with Gasteiger partial charge in [-0.15, -0.1) is 0 Å². The minimum Gasteiger partial charge on any atom is -0.497 e. The average Bonchev–Trinajstić information content (AvgIpc) is 2.70. The van der Waals surface area contributed by atoms with Gasteiger partial charge in [0.15, 0.2) is 6.61 Å². The molecule has 1 amide bonds. The first-order valence-electron chi connectivity index (χ1n) is 9.48. The maximum absolute atomic E-state index is 12.2. The van der Waals surface area contributed by atoms with Gasteiger partial charge in [-0.2, -0.15) is 0 Å². The fraction of sp³-hybridized carbons (Fsp3) is 0.364.